The Bertz CT molecular complexity index is 950. The molecule has 0 aliphatic rings. The number of thiophene rings is 1. The van der Waals surface area contributed by atoms with E-state index in [0.29, 0.717) is 6.54 Å². The van der Waals surface area contributed by atoms with Crippen molar-refractivity contribution in [1.82, 2.24) is 10.3 Å². The van der Waals surface area contributed by atoms with Crippen molar-refractivity contribution in [2.45, 2.75) is 6.42 Å². The molecule has 0 unspecified atom stereocenters. The van der Waals surface area contributed by atoms with Gasteiger partial charge in [0.15, 0.2) is 0 Å². The molecule has 0 saturated heterocycles. The smallest absolute Gasteiger partial charge is 0.261 e. The van der Waals surface area contributed by atoms with Crippen LogP contribution in [0.2, 0.25) is 0 Å². The van der Waals surface area contributed by atoms with Gasteiger partial charge in [-0.05, 0) is 35.6 Å². The van der Waals surface area contributed by atoms with E-state index in [9.17, 15) is 4.79 Å². The Balaban J connectivity index is 1.43. The number of carbonyl (C=O) groups excluding carboxylic acids is 1. The average Bonchev–Trinajstić information content (AvgIpc) is 3.19. The Labute approximate surface area is 138 Å². The minimum Gasteiger partial charge on any atom is -0.361 e. The second-order valence-corrected chi connectivity index (χ2v) is 6.60. The second-order valence-electron chi connectivity index (χ2n) is 5.51. The summed E-state index contributed by atoms with van der Waals surface area (Å²) in [6.45, 7) is 0.634. The maximum Gasteiger partial charge on any atom is 0.261 e. The van der Waals surface area contributed by atoms with Crippen LogP contribution in [0, 0.1) is 0 Å². The second kappa shape index (κ2) is 5.89. The van der Waals surface area contributed by atoms with Crippen LogP contribution in [-0.4, -0.2) is 17.4 Å². The first-order valence-corrected chi connectivity index (χ1v) is 8.45. The number of hydrogen-bond acceptors (Lipinski definition) is 2. The van der Waals surface area contributed by atoms with E-state index in [0.717, 1.165) is 26.9 Å². The van der Waals surface area contributed by atoms with Gasteiger partial charge in [-0.15, -0.1) is 11.3 Å². The maximum absolute atomic E-state index is 12.3. The van der Waals surface area contributed by atoms with Crippen LogP contribution in [0.4, 0.5) is 0 Å². The number of rotatable bonds is 4. The molecule has 4 rings (SSSR count). The summed E-state index contributed by atoms with van der Waals surface area (Å²) in [4.78, 5) is 16.3. The van der Waals surface area contributed by atoms with Gasteiger partial charge in [0, 0.05) is 28.3 Å². The van der Waals surface area contributed by atoms with Crippen molar-refractivity contribution in [2.75, 3.05) is 6.54 Å². The van der Waals surface area contributed by atoms with Crippen LogP contribution in [-0.2, 0) is 6.42 Å². The number of hydrogen-bond donors (Lipinski definition) is 2. The van der Waals surface area contributed by atoms with E-state index in [1.807, 2.05) is 48.7 Å². The molecule has 3 nitrogen and oxygen atoms in total. The summed E-state index contributed by atoms with van der Waals surface area (Å²) in [5, 5.41) is 5.37. The number of fused-ring (bicyclic) bond motifs is 2. The highest BCUT2D eigenvalue weighted by molar-refractivity contribution is 7.20. The molecule has 4 aromatic rings. The van der Waals surface area contributed by atoms with Crippen molar-refractivity contribution in [2.24, 2.45) is 0 Å². The van der Waals surface area contributed by atoms with Gasteiger partial charge in [-0.2, -0.15) is 0 Å². The normalized spacial score (nSPS) is 11.1. The fourth-order valence-electron chi connectivity index (χ4n) is 2.83. The lowest BCUT2D eigenvalue weighted by Crippen LogP contribution is -2.24. The molecule has 2 heterocycles. The first-order valence-electron chi connectivity index (χ1n) is 7.63. The first kappa shape index (κ1) is 14.0. The average molecular weight is 320 g/mol. The van der Waals surface area contributed by atoms with E-state index in [1.165, 1.54) is 22.3 Å². The summed E-state index contributed by atoms with van der Waals surface area (Å²) >= 11 is 1.54. The van der Waals surface area contributed by atoms with Crippen molar-refractivity contribution in [3.63, 3.8) is 0 Å². The summed E-state index contributed by atoms with van der Waals surface area (Å²) in [6, 6.07) is 18.3. The van der Waals surface area contributed by atoms with Crippen molar-refractivity contribution >= 4 is 38.2 Å². The van der Waals surface area contributed by atoms with E-state index >= 15 is 0 Å². The minimum absolute atomic E-state index is 0.00559. The predicted octanol–water partition coefficient (Wildman–Crippen LogP) is 4.36. The lowest BCUT2D eigenvalue weighted by Gasteiger charge is -2.03. The lowest BCUT2D eigenvalue weighted by atomic mass is 10.1. The molecule has 0 saturated carbocycles. The van der Waals surface area contributed by atoms with E-state index in [1.54, 1.807) is 0 Å². The summed E-state index contributed by atoms with van der Waals surface area (Å²) in [6.07, 6.45) is 2.84. The van der Waals surface area contributed by atoms with Gasteiger partial charge in [-0.1, -0.05) is 36.4 Å². The molecule has 0 fully saturated rings. The molecule has 0 spiro atoms. The lowest BCUT2D eigenvalue weighted by molar-refractivity contribution is 0.0958. The Kier molecular flexibility index (Phi) is 3.60. The highest BCUT2D eigenvalue weighted by Gasteiger charge is 2.10. The SMILES string of the molecule is O=C(NCCc1c[nH]c2ccccc12)c1cc2ccccc2s1. The zero-order valence-corrected chi connectivity index (χ0v) is 13.3. The molecule has 0 aliphatic carbocycles. The number of aromatic amines is 1. The van der Waals surface area contributed by atoms with Crippen LogP contribution in [0.5, 0.6) is 0 Å². The molecule has 4 heteroatoms. The summed E-state index contributed by atoms with van der Waals surface area (Å²) in [7, 11) is 0. The molecule has 2 aromatic carbocycles. The number of benzene rings is 2. The quantitative estimate of drug-likeness (QED) is 0.577. The van der Waals surface area contributed by atoms with Gasteiger partial charge in [-0.25, -0.2) is 0 Å². The van der Waals surface area contributed by atoms with Gasteiger partial charge >= 0.3 is 0 Å². The summed E-state index contributed by atoms with van der Waals surface area (Å²) in [5.74, 6) is 0.00559. The Morgan fingerprint density at radius 3 is 2.83 bits per heavy atom. The standard InChI is InChI=1S/C19H16N2OS/c22-19(18-11-13-5-1-4-8-17(13)23-18)20-10-9-14-12-21-16-7-3-2-6-15(14)16/h1-8,11-12,21H,9-10H2,(H,20,22). The van der Waals surface area contributed by atoms with Crippen molar-refractivity contribution < 1.29 is 4.79 Å². The minimum atomic E-state index is 0.00559. The van der Waals surface area contributed by atoms with Gasteiger partial charge in [0.1, 0.15) is 0 Å². The van der Waals surface area contributed by atoms with Crippen LogP contribution in [0.25, 0.3) is 21.0 Å². The Morgan fingerprint density at radius 2 is 1.91 bits per heavy atom. The molecule has 1 amide bonds. The molecule has 0 radical (unpaired) electrons. The summed E-state index contributed by atoms with van der Waals surface area (Å²) < 4.78 is 1.15. The van der Waals surface area contributed by atoms with Crippen LogP contribution in [0.3, 0.4) is 0 Å². The number of H-pyrrole nitrogens is 1. The van der Waals surface area contributed by atoms with Crippen LogP contribution in [0.15, 0.2) is 60.8 Å². The van der Waals surface area contributed by atoms with Crippen LogP contribution < -0.4 is 5.32 Å². The highest BCUT2D eigenvalue weighted by atomic mass is 32.1. The number of aromatic nitrogens is 1. The highest BCUT2D eigenvalue weighted by Crippen LogP contribution is 2.25. The van der Waals surface area contributed by atoms with E-state index < -0.39 is 0 Å². The largest absolute Gasteiger partial charge is 0.361 e. The van der Waals surface area contributed by atoms with E-state index in [-0.39, 0.29) is 5.91 Å². The summed E-state index contributed by atoms with van der Waals surface area (Å²) in [5.41, 5.74) is 2.37. The number of para-hydroxylation sites is 1. The van der Waals surface area contributed by atoms with Crippen LogP contribution >= 0.6 is 11.3 Å². The molecular formula is C19H16N2OS. The third kappa shape index (κ3) is 2.73. The third-order valence-corrected chi connectivity index (χ3v) is 5.12. The van der Waals surface area contributed by atoms with Crippen molar-refractivity contribution in [3.8, 4) is 0 Å². The van der Waals surface area contributed by atoms with Crippen LogP contribution in [0.1, 0.15) is 15.2 Å². The Morgan fingerprint density at radius 1 is 1.09 bits per heavy atom. The fourth-order valence-corrected chi connectivity index (χ4v) is 3.81. The zero-order valence-electron chi connectivity index (χ0n) is 12.5. The molecule has 0 aliphatic heterocycles. The van der Waals surface area contributed by atoms with Gasteiger partial charge in [0.25, 0.3) is 5.91 Å². The van der Waals surface area contributed by atoms with Gasteiger partial charge in [-0.3, -0.25) is 4.79 Å². The molecule has 0 bridgehead atoms. The Hall–Kier alpha value is -2.59. The molecule has 2 aromatic heterocycles. The maximum atomic E-state index is 12.3. The first-order chi connectivity index (χ1) is 11.3. The third-order valence-electron chi connectivity index (χ3n) is 4.00. The predicted molar refractivity (Wildman–Crippen MR) is 96.2 cm³/mol. The molecule has 114 valence electrons. The van der Waals surface area contributed by atoms with Crippen molar-refractivity contribution in [1.29, 1.82) is 0 Å². The molecular weight excluding hydrogens is 304 g/mol. The molecule has 2 N–H and O–H groups in total. The number of carbonyl (C=O) groups is 1. The zero-order chi connectivity index (χ0) is 15.6. The topological polar surface area (TPSA) is 44.9 Å². The molecule has 0 atom stereocenters. The van der Waals surface area contributed by atoms with Crippen molar-refractivity contribution in [3.05, 3.63) is 71.2 Å². The monoisotopic (exact) mass is 320 g/mol. The fraction of sp³-hybridized carbons (Fsp3) is 0.105. The van der Waals surface area contributed by atoms with E-state index in [2.05, 4.69) is 22.4 Å². The van der Waals surface area contributed by atoms with Gasteiger partial charge < -0.3 is 10.3 Å². The number of nitrogens with one attached hydrogen (secondary N) is 2. The molecule has 23 heavy (non-hydrogen) atoms. The van der Waals surface area contributed by atoms with Gasteiger partial charge in [0.2, 0.25) is 0 Å². The van der Waals surface area contributed by atoms with Gasteiger partial charge in [0.05, 0.1) is 4.88 Å². The van der Waals surface area contributed by atoms with E-state index in [4.69, 9.17) is 0 Å². The number of amides is 1.